The highest BCUT2D eigenvalue weighted by Gasteiger charge is 2.24. The number of rotatable bonds is 4. The van der Waals surface area contributed by atoms with Gasteiger partial charge in [0.15, 0.2) is 0 Å². The maximum atomic E-state index is 5.80. The van der Waals surface area contributed by atoms with Gasteiger partial charge in [-0.15, -0.1) is 21.5 Å². The minimum Gasteiger partial charge on any atom is -0.418 e. The fourth-order valence-electron chi connectivity index (χ4n) is 2.90. The summed E-state index contributed by atoms with van der Waals surface area (Å²) in [7, 11) is 0. The zero-order valence-corrected chi connectivity index (χ0v) is 13.9. The highest BCUT2D eigenvalue weighted by molar-refractivity contribution is 7.13. The minimum atomic E-state index is 0.00683. The monoisotopic (exact) mass is 330 g/mol. The molecule has 1 aliphatic rings. The topological polar surface area (TPSA) is 81.7 Å². The van der Waals surface area contributed by atoms with Crippen LogP contribution in [0.1, 0.15) is 36.9 Å². The van der Waals surface area contributed by atoms with E-state index >= 15 is 0 Å². The van der Waals surface area contributed by atoms with Gasteiger partial charge < -0.3 is 9.73 Å². The highest BCUT2D eigenvalue weighted by atomic mass is 32.1. The summed E-state index contributed by atoms with van der Waals surface area (Å²) in [5, 5.41) is 18.3. The predicted octanol–water partition coefficient (Wildman–Crippen LogP) is 2.36. The molecule has 0 fully saturated rings. The van der Waals surface area contributed by atoms with Gasteiger partial charge in [0, 0.05) is 12.5 Å². The van der Waals surface area contributed by atoms with E-state index in [4.69, 9.17) is 4.42 Å². The lowest BCUT2D eigenvalue weighted by Crippen LogP contribution is -2.39. The van der Waals surface area contributed by atoms with E-state index in [0.717, 1.165) is 35.9 Å². The maximum absolute atomic E-state index is 5.80. The molecule has 4 heterocycles. The number of hydrogen-bond donors (Lipinski definition) is 1. The van der Waals surface area contributed by atoms with E-state index < -0.39 is 0 Å². The summed E-state index contributed by atoms with van der Waals surface area (Å²) in [5.41, 5.74) is 0. The first-order chi connectivity index (χ1) is 11.2. The molecule has 3 aromatic rings. The molecule has 4 rings (SSSR count). The van der Waals surface area contributed by atoms with Gasteiger partial charge in [-0.1, -0.05) is 6.07 Å². The van der Waals surface area contributed by atoms with E-state index in [2.05, 4.69) is 25.6 Å². The van der Waals surface area contributed by atoms with E-state index in [9.17, 15) is 0 Å². The molecule has 1 aliphatic heterocycles. The third-order valence-corrected chi connectivity index (χ3v) is 4.85. The summed E-state index contributed by atoms with van der Waals surface area (Å²) < 4.78 is 7.79. The molecular formula is C15H18N6OS. The lowest BCUT2D eigenvalue weighted by Gasteiger charge is -2.25. The van der Waals surface area contributed by atoms with Gasteiger partial charge in [0.25, 0.3) is 5.89 Å². The summed E-state index contributed by atoms with van der Waals surface area (Å²) in [4.78, 5) is 5.44. The molecule has 120 valence electrons. The minimum absolute atomic E-state index is 0.00683. The second kappa shape index (κ2) is 5.86. The summed E-state index contributed by atoms with van der Waals surface area (Å²) in [6.45, 7) is 4.81. The summed E-state index contributed by atoms with van der Waals surface area (Å²) in [5.74, 6) is 3.12. The van der Waals surface area contributed by atoms with Gasteiger partial charge >= 0.3 is 0 Å². The molecule has 3 aromatic heterocycles. The summed E-state index contributed by atoms with van der Waals surface area (Å²) >= 11 is 1.60. The van der Waals surface area contributed by atoms with Crippen molar-refractivity contribution in [3.63, 3.8) is 0 Å². The quantitative estimate of drug-likeness (QED) is 0.791. The largest absolute Gasteiger partial charge is 0.418 e. The molecule has 0 amide bonds. The lowest BCUT2D eigenvalue weighted by molar-refractivity contribution is 0.310. The Balaban J connectivity index is 1.43. The fourth-order valence-corrected chi connectivity index (χ4v) is 3.55. The Kier molecular flexibility index (Phi) is 3.70. The molecule has 0 aliphatic carbocycles. The van der Waals surface area contributed by atoms with Crippen LogP contribution >= 0.6 is 11.3 Å². The number of aryl methyl sites for hydroxylation is 2. The number of hydrogen-bond acceptors (Lipinski definition) is 7. The van der Waals surface area contributed by atoms with Gasteiger partial charge in [-0.05, 0) is 31.7 Å². The number of thiophene rings is 1. The molecule has 0 saturated carbocycles. The zero-order valence-electron chi connectivity index (χ0n) is 13.1. The Hall–Kier alpha value is -2.06. The van der Waals surface area contributed by atoms with E-state index in [0.29, 0.717) is 17.8 Å². The van der Waals surface area contributed by atoms with Crippen molar-refractivity contribution in [3.05, 3.63) is 35.1 Å². The Morgan fingerprint density at radius 3 is 3.17 bits per heavy atom. The first-order valence-electron chi connectivity index (χ1n) is 7.72. The van der Waals surface area contributed by atoms with E-state index in [1.807, 2.05) is 36.0 Å². The van der Waals surface area contributed by atoms with Crippen molar-refractivity contribution in [2.24, 2.45) is 0 Å². The van der Waals surface area contributed by atoms with Crippen molar-refractivity contribution < 1.29 is 4.42 Å². The molecule has 8 heteroatoms. The SMILES string of the molecule is Cc1nc2n(n1)CC(NC(C)c1nnc(-c3cccs3)o1)CC2. The van der Waals surface area contributed by atoms with Gasteiger partial charge in [-0.2, -0.15) is 5.10 Å². The van der Waals surface area contributed by atoms with Crippen molar-refractivity contribution in [3.8, 4) is 10.8 Å². The molecule has 0 spiro atoms. The molecule has 2 atom stereocenters. The first kappa shape index (κ1) is 14.5. The second-order valence-corrected chi connectivity index (χ2v) is 6.75. The van der Waals surface area contributed by atoms with Crippen LogP contribution in [0, 0.1) is 6.92 Å². The number of nitrogens with zero attached hydrogens (tertiary/aromatic N) is 5. The molecular weight excluding hydrogens is 312 g/mol. The molecule has 23 heavy (non-hydrogen) atoms. The van der Waals surface area contributed by atoms with Gasteiger partial charge in [-0.3, -0.25) is 0 Å². The van der Waals surface area contributed by atoms with Crippen LogP contribution in [0.25, 0.3) is 10.8 Å². The molecule has 0 saturated heterocycles. The van der Waals surface area contributed by atoms with Crippen LogP contribution in [0.3, 0.4) is 0 Å². The number of aromatic nitrogens is 5. The van der Waals surface area contributed by atoms with Crippen LogP contribution < -0.4 is 5.32 Å². The van der Waals surface area contributed by atoms with Gasteiger partial charge in [-0.25, -0.2) is 9.67 Å². The molecule has 2 unspecified atom stereocenters. The predicted molar refractivity (Wildman–Crippen MR) is 86.0 cm³/mol. The number of nitrogens with one attached hydrogen (secondary N) is 1. The lowest BCUT2D eigenvalue weighted by atomic mass is 10.1. The van der Waals surface area contributed by atoms with Gasteiger partial charge in [0.05, 0.1) is 17.5 Å². The smallest absolute Gasteiger partial charge is 0.257 e. The average Bonchev–Trinajstić information content (AvgIpc) is 3.26. The van der Waals surface area contributed by atoms with Crippen LogP contribution in [-0.4, -0.2) is 31.0 Å². The summed E-state index contributed by atoms with van der Waals surface area (Å²) in [6.07, 6.45) is 1.98. The Morgan fingerprint density at radius 2 is 2.35 bits per heavy atom. The van der Waals surface area contributed by atoms with Gasteiger partial charge in [0.2, 0.25) is 5.89 Å². The van der Waals surface area contributed by atoms with Gasteiger partial charge in [0.1, 0.15) is 11.6 Å². The Bertz CT molecular complexity index is 793. The summed E-state index contributed by atoms with van der Waals surface area (Å²) in [6, 6.07) is 4.30. The van der Waals surface area contributed by atoms with Crippen molar-refractivity contribution >= 4 is 11.3 Å². The second-order valence-electron chi connectivity index (χ2n) is 5.80. The van der Waals surface area contributed by atoms with E-state index in [-0.39, 0.29) is 6.04 Å². The van der Waals surface area contributed by atoms with Crippen LogP contribution in [0.2, 0.25) is 0 Å². The standard InChI is InChI=1S/C15H18N6OS/c1-9(14-18-19-15(22-14)12-4-3-7-23-12)16-11-5-6-13-17-10(2)20-21(13)8-11/h3-4,7,9,11,16H,5-6,8H2,1-2H3. The first-order valence-corrected chi connectivity index (χ1v) is 8.60. The third-order valence-electron chi connectivity index (χ3n) is 3.99. The van der Waals surface area contributed by atoms with Crippen molar-refractivity contribution in [2.75, 3.05) is 0 Å². The normalized spacial score (nSPS) is 18.8. The molecule has 0 aromatic carbocycles. The maximum Gasteiger partial charge on any atom is 0.257 e. The fraction of sp³-hybridized carbons (Fsp3) is 0.467. The van der Waals surface area contributed by atoms with Crippen LogP contribution in [0.4, 0.5) is 0 Å². The molecule has 0 radical (unpaired) electrons. The number of fused-ring (bicyclic) bond motifs is 1. The van der Waals surface area contributed by atoms with E-state index in [1.165, 1.54) is 0 Å². The van der Waals surface area contributed by atoms with E-state index in [1.54, 1.807) is 11.3 Å². The Labute approximate surface area is 137 Å². The zero-order chi connectivity index (χ0) is 15.8. The van der Waals surface area contributed by atoms with Crippen molar-refractivity contribution in [1.29, 1.82) is 0 Å². The van der Waals surface area contributed by atoms with Crippen molar-refractivity contribution in [2.45, 2.75) is 45.3 Å². The van der Waals surface area contributed by atoms with Crippen molar-refractivity contribution in [1.82, 2.24) is 30.3 Å². The third kappa shape index (κ3) is 2.91. The Morgan fingerprint density at radius 1 is 1.43 bits per heavy atom. The van der Waals surface area contributed by atoms with Crippen LogP contribution in [-0.2, 0) is 13.0 Å². The molecule has 1 N–H and O–H groups in total. The van der Waals surface area contributed by atoms with Crippen LogP contribution in [0.15, 0.2) is 21.9 Å². The average molecular weight is 330 g/mol. The molecule has 7 nitrogen and oxygen atoms in total. The van der Waals surface area contributed by atoms with Crippen LogP contribution in [0.5, 0.6) is 0 Å². The highest BCUT2D eigenvalue weighted by Crippen LogP contribution is 2.25. The molecule has 0 bridgehead atoms.